The van der Waals surface area contributed by atoms with Crippen molar-refractivity contribution in [1.29, 1.82) is 0 Å². The zero-order valence-electron chi connectivity index (χ0n) is 9.83. The van der Waals surface area contributed by atoms with Crippen LogP contribution in [-0.2, 0) is 6.54 Å². The Labute approximate surface area is 108 Å². The van der Waals surface area contributed by atoms with Crippen molar-refractivity contribution < 1.29 is 4.79 Å². The average Bonchev–Trinajstić information content (AvgIpc) is 2.90. The number of nitrogens with zero attached hydrogens (tertiary/aromatic N) is 3. The number of hydrogen-bond donors (Lipinski definition) is 2. The first-order valence-corrected chi connectivity index (χ1v) is 6.21. The van der Waals surface area contributed by atoms with Gasteiger partial charge in [0.05, 0.1) is 23.3 Å². The second kappa shape index (κ2) is 5.56. The molecule has 0 fully saturated rings. The summed E-state index contributed by atoms with van der Waals surface area (Å²) >= 11 is 1.50. The zero-order chi connectivity index (χ0) is 13.0. The molecule has 6 nitrogen and oxygen atoms in total. The SMILES string of the molecule is CN(Cc1cscn1)C(=O)c1cccnc1NN. The summed E-state index contributed by atoms with van der Waals surface area (Å²) in [7, 11) is 1.72. The van der Waals surface area contributed by atoms with E-state index in [4.69, 9.17) is 5.84 Å². The number of hydrogen-bond acceptors (Lipinski definition) is 6. The highest BCUT2D eigenvalue weighted by molar-refractivity contribution is 7.07. The summed E-state index contributed by atoms with van der Waals surface area (Å²) in [6, 6.07) is 3.38. The van der Waals surface area contributed by atoms with Gasteiger partial charge in [0.1, 0.15) is 0 Å². The Morgan fingerprint density at radius 2 is 2.39 bits per heavy atom. The fourth-order valence-corrected chi connectivity index (χ4v) is 2.08. The molecule has 0 radical (unpaired) electrons. The molecule has 94 valence electrons. The van der Waals surface area contributed by atoms with Gasteiger partial charge in [0.25, 0.3) is 5.91 Å². The molecule has 0 aliphatic rings. The van der Waals surface area contributed by atoms with E-state index in [9.17, 15) is 4.79 Å². The van der Waals surface area contributed by atoms with E-state index in [0.29, 0.717) is 17.9 Å². The molecule has 0 aromatic carbocycles. The molecule has 0 spiro atoms. The van der Waals surface area contributed by atoms with Crippen molar-refractivity contribution >= 4 is 23.1 Å². The fraction of sp³-hybridized carbons (Fsp3) is 0.182. The summed E-state index contributed by atoms with van der Waals surface area (Å²) < 4.78 is 0. The molecule has 18 heavy (non-hydrogen) atoms. The number of hydrazine groups is 1. The lowest BCUT2D eigenvalue weighted by atomic mass is 10.2. The smallest absolute Gasteiger partial charge is 0.257 e. The molecule has 2 rings (SSSR count). The normalized spacial score (nSPS) is 10.1. The number of nitrogen functional groups attached to an aromatic ring is 1. The molecule has 0 unspecified atom stereocenters. The largest absolute Gasteiger partial charge is 0.336 e. The van der Waals surface area contributed by atoms with Gasteiger partial charge in [0.2, 0.25) is 0 Å². The van der Waals surface area contributed by atoms with Crippen LogP contribution in [0.2, 0.25) is 0 Å². The predicted molar refractivity (Wildman–Crippen MR) is 70.0 cm³/mol. The topological polar surface area (TPSA) is 84.1 Å². The fourth-order valence-electron chi connectivity index (χ4n) is 1.53. The number of nitrogens with one attached hydrogen (secondary N) is 1. The van der Waals surface area contributed by atoms with Crippen molar-refractivity contribution in [2.75, 3.05) is 12.5 Å². The minimum absolute atomic E-state index is 0.149. The Kier molecular flexibility index (Phi) is 3.85. The minimum Gasteiger partial charge on any atom is -0.336 e. The molecule has 0 bridgehead atoms. The molecule has 2 aromatic rings. The van der Waals surface area contributed by atoms with Crippen LogP contribution in [0.15, 0.2) is 29.2 Å². The number of aromatic nitrogens is 2. The van der Waals surface area contributed by atoms with Crippen molar-refractivity contribution in [3.8, 4) is 0 Å². The molecule has 0 aliphatic carbocycles. The summed E-state index contributed by atoms with van der Waals surface area (Å²) in [6.45, 7) is 0.460. The van der Waals surface area contributed by atoms with Crippen LogP contribution in [0.4, 0.5) is 5.82 Å². The Morgan fingerprint density at radius 1 is 1.56 bits per heavy atom. The van der Waals surface area contributed by atoms with Gasteiger partial charge in [-0.2, -0.15) is 0 Å². The van der Waals surface area contributed by atoms with Crippen LogP contribution in [0.1, 0.15) is 16.1 Å². The van der Waals surface area contributed by atoms with Gasteiger partial charge in [0.15, 0.2) is 5.82 Å². The van der Waals surface area contributed by atoms with Gasteiger partial charge in [-0.15, -0.1) is 11.3 Å². The second-order valence-electron chi connectivity index (χ2n) is 3.68. The van der Waals surface area contributed by atoms with Crippen molar-refractivity contribution in [3.05, 3.63) is 40.5 Å². The quantitative estimate of drug-likeness (QED) is 0.637. The van der Waals surface area contributed by atoms with Gasteiger partial charge in [-0.3, -0.25) is 4.79 Å². The van der Waals surface area contributed by atoms with Gasteiger partial charge in [0, 0.05) is 18.6 Å². The van der Waals surface area contributed by atoms with E-state index in [1.165, 1.54) is 11.3 Å². The molecular formula is C11H13N5OS. The number of thiazole rings is 1. The van der Waals surface area contributed by atoms with Crippen LogP contribution in [-0.4, -0.2) is 27.8 Å². The van der Waals surface area contributed by atoms with E-state index in [2.05, 4.69) is 15.4 Å². The van der Waals surface area contributed by atoms with Gasteiger partial charge >= 0.3 is 0 Å². The molecule has 7 heteroatoms. The van der Waals surface area contributed by atoms with Gasteiger partial charge in [-0.1, -0.05) is 0 Å². The minimum atomic E-state index is -0.149. The summed E-state index contributed by atoms with van der Waals surface area (Å²) in [4.78, 5) is 21.9. The third-order valence-corrected chi connectivity index (χ3v) is 3.04. The molecule has 2 heterocycles. The molecule has 1 amide bonds. The maximum atomic E-state index is 12.2. The van der Waals surface area contributed by atoms with Gasteiger partial charge < -0.3 is 10.3 Å². The monoisotopic (exact) mass is 263 g/mol. The summed E-state index contributed by atoms with van der Waals surface area (Å²) in [5.41, 5.74) is 5.46. The maximum absolute atomic E-state index is 12.2. The number of pyridine rings is 1. The van der Waals surface area contributed by atoms with E-state index < -0.39 is 0 Å². The maximum Gasteiger partial charge on any atom is 0.257 e. The lowest BCUT2D eigenvalue weighted by Gasteiger charge is -2.17. The molecule has 0 atom stereocenters. The average molecular weight is 263 g/mol. The van der Waals surface area contributed by atoms with Crippen LogP contribution in [0.5, 0.6) is 0 Å². The highest BCUT2D eigenvalue weighted by Crippen LogP contribution is 2.14. The first-order chi connectivity index (χ1) is 8.72. The van der Waals surface area contributed by atoms with Crippen molar-refractivity contribution in [2.45, 2.75) is 6.54 Å². The van der Waals surface area contributed by atoms with Crippen molar-refractivity contribution in [3.63, 3.8) is 0 Å². The number of rotatable bonds is 4. The zero-order valence-corrected chi connectivity index (χ0v) is 10.6. The van der Waals surface area contributed by atoms with Gasteiger partial charge in [-0.05, 0) is 12.1 Å². The lowest BCUT2D eigenvalue weighted by molar-refractivity contribution is 0.0784. The Bertz CT molecular complexity index is 528. The summed E-state index contributed by atoms with van der Waals surface area (Å²) in [6.07, 6.45) is 1.58. The van der Waals surface area contributed by atoms with Crippen LogP contribution in [0, 0.1) is 0 Å². The predicted octanol–water partition coefficient (Wildman–Crippen LogP) is 1.10. The van der Waals surface area contributed by atoms with Crippen LogP contribution >= 0.6 is 11.3 Å². The first-order valence-electron chi connectivity index (χ1n) is 5.26. The molecule has 0 saturated carbocycles. The third-order valence-electron chi connectivity index (χ3n) is 2.40. The molecular weight excluding hydrogens is 250 g/mol. The number of carbonyl (C=O) groups excluding carboxylic acids is 1. The van der Waals surface area contributed by atoms with Crippen molar-refractivity contribution in [2.24, 2.45) is 5.84 Å². The Balaban J connectivity index is 2.15. The molecule has 2 aromatic heterocycles. The lowest BCUT2D eigenvalue weighted by Crippen LogP contribution is -2.28. The number of amides is 1. The number of carbonyl (C=O) groups is 1. The summed E-state index contributed by atoms with van der Waals surface area (Å²) in [5.74, 6) is 5.55. The molecule has 0 aliphatic heterocycles. The van der Waals surface area contributed by atoms with E-state index in [1.54, 1.807) is 35.8 Å². The van der Waals surface area contributed by atoms with Crippen LogP contribution in [0.3, 0.4) is 0 Å². The van der Waals surface area contributed by atoms with E-state index in [0.717, 1.165) is 5.69 Å². The number of anilines is 1. The molecule has 3 N–H and O–H groups in total. The number of nitrogens with two attached hydrogens (primary N) is 1. The van der Waals surface area contributed by atoms with Gasteiger partial charge in [-0.25, -0.2) is 15.8 Å². The van der Waals surface area contributed by atoms with E-state index in [-0.39, 0.29) is 5.91 Å². The Morgan fingerprint density at radius 3 is 3.06 bits per heavy atom. The van der Waals surface area contributed by atoms with E-state index >= 15 is 0 Å². The van der Waals surface area contributed by atoms with E-state index in [1.807, 2.05) is 5.38 Å². The van der Waals surface area contributed by atoms with Crippen LogP contribution in [0.25, 0.3) is 0 Å². The Hall–Kier alpha value is -1.99. The molecule has 0 saturated heterocycles. The van der Waals surface area contributed by atoms with Crippen LogP contribution < -0.4 is 11.3 Å². The van der Waals surface area contributed by atoms with Crippen molar-refractivity contribution in [1.82, 2.24) is 14.9 Å². The third kappa shape index (κ3) is 2.63. The standard InChI is InChI=1S/C11H13N5OS/c1-16(5-8-6-18-7-14-8)11(17)9-3-2-4-13-10(9)15-12/h2-4,6-7H,5,12H2,1H3,(H,13,15). The highest BCUT2D eigenvalue weighted by atomic mass is 32.1. The summed E-state index contributed by atoms with van der Waals surface area (Å²) in [5, 5.41) is 1.91. The second-order valence-corrected chi connectivity index (χ2v) is 4.40. The first kappa shape index (κ1) is 12.5. The highest BCUT2D eigenvalue weighted by Gasteiger charge is 2.16.